The summed E-state index contributed by atoms with van der Waals surface area (Å²) in [5.74, 6) is 1.46. The van der Waals surface area contributed by atoms with Crippen LogP contribution in [0, 0.1) is 0 Å². The van der Waals surface area contributed by atoms with Crippen molar-refractivity contribution in [3.05, 3.63) is 24.3 Å². The third kappa shape index (κ3) is 7.76. The molecular formula is C20H31N3O4. The maximum Gasteiger partial charge on any atom is 0.315 e. The van der Waals surface area contributed by atoms with Crippen molar-refractivity contribution in [2.45, 2.75) is 45.1 Å². The van der Waals surface area contributed by atoms with Crippen molar-refractivity contribution < 1.29 is 19.1 Å². The number of carbonyl (C=O) groups excluding carboxylic acids is 2. The Hall–Kier alpha value is -2.44. The predicted octanol–water partition coefficient (Wildman–Crippen LogP) is 2.55. The van der Waals surface area contributed by atoms with Gasteiger partial charge < -0.3 is 25.0 Å². The van der Waals surface area contributed by atoms with E-state index in [1.807, 2.05) is 24.3 Å². The van der Waals surface area contributed by atoms with Crippen LogP contribution in [0.5, 0.6) is 11.5 Å². The molecule has 7 heteroatoms. The lowest BCUT2D eigenvalue weighted by molar-refractivity contribution is -0.129. The second kappa shape index (κ2) is 11.3. The first kappa shape index (κ1) is 20.9. The van der Waals surface area contributed by atoms with Crippen LogP contribution in [0.4, 0.5) is 4.79 Å². The molecule has 1 fully saturated rings. The normalized spacial score (nSPS) is 14.3. The molecule has 7 nitrogen and oxygen atoms in total. The van der Waals surface area contributed by atoms with Gasteiger partial charge in [0.1, 0.15) is 18.1 Å². The highest BCUT2D eigenvalue weighted by atomic mass is 16.5. The minimum atomic E-state index is -0.153. The Morgan fingerprint density at radius 1 is 1.07 bits per heavy atom. The molecule has 0 aromatic heterocycles. The fourth-order valence-corrected chi connectivity index (χ4v) is 3.16. The van der Waals surface area contributed by atoms with Crippen LogP contribution in [0.1, 0.15) is 39.0 Å². The Morgan fingerprint density at radius 2 is 1.74 bits per heavy atom. The van der Waals surface area contributed by atoms with E-state index in [1.54, 1.807) is 12.0 Å². The maximum absolute atomic E-state index is 12.0. The van der Waals surface area contributed by atoms with Crippen molar-refractivity contribution in [1.82, 2.24) is 15.5 Å². The zero-order valence-corrected chi connectivity index (χ0v) is 16.3. The molecule has 0 bridgehead atoms. The smallest absolute Gasteiger partial charge is 0.315 e. The number of nitrogens with one attached hydrogen (secondary N) is 2. The molecule has 1 saturated carbocycles. The van der Waals surface area contributed by atoms with Gasteiger partial charge in [0.2, 0.25) is 5.91 Å². The van der Waals surface area contributed by atoms with E-state index in [9.17, 15) is 9.59 Å². The summed E-state index contributed by atoms with van der Waals surface area (Å²) >= 11 is 0. The molecule has 0 aliphatic heterocycles. The fraction of sp³-hybridized carbons (Fsp3) is 0.600. The molecular weight excluding hydrogens is 346 g/mol. The lowest BCUT2D eigenvalue weighted by Gasteiger charge is -2.24. The van der Waals surface area contributed by atoms with Gasteiger partial charge in [0.25, 0.3) is 0 Å². The molecule has 1 aliphatic carbocycles. The zero-order valence-electron chi connectivity index (χ0n) is 16.3. The first-order chi connectivity index (χ1) is 13.1. The zero-order chi connectivity index (χ0) is 19.5. The molecule has 0 heterocycles. The van der Waals surface area contributed by atoms with Crippen LogP contribution in [0.15, 0.2) is 24.3 Å². The number of benzene rings is 1. The number of carbonyl (C=O) groups is 2. The third-order valence-corrected chi connectivity index (χ3v) is 4.74. The Morgan fingerprint density at radius 3 is 2.37 bits per heavy atom. The van der Waals surface area contributed by atoms with Crippen LogP contribution in [0.2, 0.25) is 0 Å². The molecule has 0 atom stereocenters. The summed E-state index contributed by atoms with van der Waals surface area (Å²) in [5.41, 5.74) is 0. The minimum Gasteiger partial charge on any atom is -0.497 e. The van der Waals surface area contributed by atoms with Crippen molar-refractivity contribution in [2.24, 2.45) is 0 Å². The molecule has 3 amide bonds. The summed E-state index contributed by atoms with van der Waals surface area (Å²) in [6, 6.07) is 7.43. The van der Waals surface area contributed by atoms with E-state index < -0.39 is 0 Å². The van der Waals surface area contributed by atoms with Gasteiger partial charge in [-0.25, -0.2) is 4.79 Å². The number of hydrogen-bond donors (Lipinski definition) is 2. The van der Waals surface area contributed by atoms with E-state index in [0.717, 1.165) is 24.3 Å². The Labute approximate surface area is 161 Å². The standard InChI is InChI=1S/C20H31N3O4/c1-16(24)23(14-15-27-19-10-8-18(26-2)9-11-19)13-12-21-20(25)22-17-6-4-3-5-7-17/h8-11,17H,3-7,12-15H2,1-2H3,(H2,21,22,25). The van der Waals surface area contributed by atoms with Gasteiger partial charge in [-0.05, 0) is 37.1 Å². The van der Waals surface area contributed by atoms with Gasteiger partial charge in [-0.2, -0.15) is 0 Å². The molecule has 2 N–H and O–H groups in total. The van der Waals surface area contributed by atoms with E-state index in [2.05, 4.69) is 10.6 Å². The van der Waals surface area contributed by atoms with Gasteiger partial charge in [0.05, 0.1) is 13.7 Å². The third-order valence-electron chi connectivity index (χ3n) is 4.74. The molecule has 0 spiro atoms. The highest BCUT2D eigenvalue weighted by Crippen LogP contribution is 2.17. The van der Waals surface area contributed by atoms with Gasteiger partial charge in [-0.1, -0.05) is 19.3 Å². The average Bonchev–Trinajstić information content (AvgIpc) is 2.68. The van der Waals surface area contributed by atoms with Gasteiger partial charge in [-0.3, -0.25) is 4.79 Å². The number of urea groups is 1. The summed E-state index contributed by atoms with van der Waals surface area (Å²) in [6.07, 6.45) is 5.71. The second-order valence-corrected chi connectivity index (χ2v) is 6.77. The number of nitrogens with zero attached hydrogens (tertiary/aromatic N) is 1. The van der Waals surface area contributed by atoms with Crippen molar-refractivity contribution in [3.8, 4) is 11.5 Å². The SMILES string of the molecule is COc1ccc(OCCN(CCNC(=O)NC2CCCCC2)C(C)=O)cc1. The van der Waals surface area contributed by atoms with Crippen molar-refractivity contribution in [3.63, 3.8) is 0 Å². The van der Waals surface area contributed by atoms with Crippen LogP contribution >= 0.6 is 0 Å². The summed E-state index contributed by atoms with van der Waals surface area (Å²) < 4.78 is 10.8. The molecule has 150 valence electrons. The van der Waals surface area contributed by atoms with Gasteiger partial charge in [-0.15, -0.1) is 0 Å². The lowest BCUT2D eigenvalue weighted by Crippen LogP contribution is -2.46. The topological polar surface area (TPSA) is 79.9 Å². The van der Waals surface area contributed by atoms with Crippen molar-refractivity contribution >= 4 is 11.9 Å². The van der Waals surface area contributed by atoms with Crippen LogP contribution in [-0.4, -0.2) is 56.2 Å². The van der Waals surface area contributed by atoms with Crippen LogP contribution in [-0.2, 0) is 4.79 Å². The van der Waals surface area contributed by atoms with Crippen molar-refractivity contribution in [2.75, 3.05) is 33.4 Å². The van der Waals surface area contributed by atoms with Crippen LogP contribution in [0.25, 0.3) is 0 Å². The number of rotatable bonds is 9. The van der Waals surface area contributed by atoms with Crippen molar-refractivity contribution in [1.29, 1.82) is 0 Å². The molecule has 2 rings (SSSR count). The van der Waals surface area contributed by atoms with E-state index in [0.29, 0.717) is 26.2 Å². The van der Waals surface area contributed by atoms with Crippen LogP contribution < -0.4 is 20.1 Å². The molecule has 0 radical (unpaired) electrons. The average molecular weight is 377 g/mol. The Balaban J connectivity index is 1.65. The quantitative estimate of drug-likeness (QED) is 0.693. The Bertz CT molecular complexity index is 585. The minimum absolute atomic E-state index is 0.0391. The van der Waals surface area contributed by atoms with Gasteiger partial charge >= 0.3 is 6.03 Å². The highest BCUT2D eigenvalue weighted by Gasteiger charge is 2.15. The largest absolute Gasteiger partial charge is 0.497 e. The van der Waals surface area contributed by atoms with E-state index >= 15 is 0 Å². The summed E-state index contributed by atoms with van der Waals surface area (Å²) in [5, 5.41) is 5.84. The molecule has 1 aliphatic rings. The predicted molar refractivity (Wildman–Crippen MR) is 104 cm³/mol. The monoisotopic (exact) mass is 377 g/mol. The summed E-state index contributed by atoms with van der Waals surface area (Å²) in [6.45, 7) is 3.25. The number of amides is 3. The number of ether oxygens (including phenoxy) is 2. The second-order valence-electron chi connectivity index (χ2n) is 6.77. The van der Waals surface area contributed by atoms with Gasteiger partial charge in [0.15, 0.2) is 0 Å². The van der Waals surface area contributed by atoms with Gasteiger partial charge in [0, 0.05) is 26.1 Å². The molecule has 1 aromatic carbocycles. The number of hydrogen-bond acceptors (Lipinski definition) is 4. The molecule has 27 heavy (non-hydrogen) atoms. The summed E-state index contributed by atoms with van der Waals surface area (Å²) in [7, 11) is 1.62. The first-order valence-corrected chi connectivity index (χ1v) is 9.65. The lowest BCUT2D eigenvalue weighted by atomic mass is 9.96. The van der Waals surface area contributed by atoms with E-state index in [4.69, 9.17) is 9.47 Å². The highest BCUT2D eigenvalue weighted by molar-refractivity contribution is 5.75. The fourth-order valence-electron chi connectivity index (χ4n) is 3.16. The van der Waals surface area contributed by atoms with E-state index in [-0.39, 0.29) is 18.0 Å². The molecule has 0 saturated heterocycles. The Kier molecular flexibility index (Phi) is 8.74. The van der Waals surface area contributed by atoms with E-state index in [1.165, 1.54) is 26.2 Å². The van der Waals surface area contributed by atoms with Crippen LogP contribution in [0.3, 0.4) is 0 Å². The number of methoxy groups -OCH3 is 1. The maximum atomic E-state index is 12.0. The molecule has 1 aromatic rings. The first-order valence-electron chi connectivity index (χ1n) is 9.65. The summed E-state index contributed by atoms with van der Waals surface area (Å²) in [4.78, 5) is 25.4. The molecule has 0 unspecified atom stereocenters.